The Kier molecular flexibility index (Phi) is 1.14. The maximum atomic E-state index is 4.10. The standard InChI is InChI=1S/C6H5N3S/c1-4-6-5(2-8-9-4)7-3-10-6/h2-3H,1H3. The Hall–Kier alpha value is -1.03. The van der Waals surface area contributed by atoms with E-state index in [9.17, 15) is 0 Å². The summed E-state index contributed by atoms with van der Waals surface area (Å²) in [5.74, 6) is 0. The van der Waals surface area contributed by atoms with E-state index in [1.807, 2.05) is 6.92 Å². The van der Waals surface area contributed by atoms with Crippen LogP contribution in [0.3, 0.4) is 0 Å². The molecule has 0 atom stereocenters. The van der Waals surface area contributed by atoms with Crippen molar-refractivity contribution in [3.63, 3.8) is 0 Å². The SMILES string of the molecule is Cc1nncc2ncsc12. The Morgan fingerprint density at radius 3 is 3.20 bits per heavy atom. The van der Waals surface area contributed by atoms with Crippen molar-refractivity contribution in [1.29, 1.82) is 0 Å². The highest BCUT2D eigenvalue weighted by Crippen LogP contribution is 2.17. The van der Waals surface area contributed by atoms with E-state index in [-0.39, 0.29) is 0 Å². The molecule has 0 amide bonds. The number of thiazole rings is 1. The third-order valence-corrected chi connectivity index (χ3v) is 2.26. The van der Waals surface area contributed by atoms with Gasteiger partial charge in [-0.25, -0.2) is 4.98 Å². The Bertz CT molecular complexity index is 355. The molecule has 0 aromatic carbocycles. The van der Waals surface area contributed by atoms with Crippen LogP contribution in [0.5, 0.6) is 0 Å². The number of hydrogen-bond donors (Lipinski definition) is 0. The van der Waals surface area contributed by atoms with Crippen LogP contribution in [0.4, 0.5) is 0 Å². The van der Waals surface area contributed by atoms with E-state index < -0.39 is 0 Å². The summed E-state index contributed by atoms with van der Waals surface area (Å²) in [7, 11) is 0. The second kappa shape index (κ2) is 1.98. The molecule has 2 rings (SSSR count). The lowest BCUT2D eigenvalue weighted by Crippen LogP contribution is -1.83. The average molecular weight is 151 g/mol. The summed E-state index contributed by atoms with van der Waals surface area (Å²) in [5.41, 5.74) is 3.71. The van der Waals surface area contributed by atoms with Gasteiger partial charge in [-0.15, -0.1) is 11.3 Å². The van der Waals surface area contributed by atoms with Crippen LogP contribution < -0.4 is 0 Å². The smallest absolute Gasteiger partial charge is 0.103 e. The Balaban J connectivity index is 2.95. The molecule has 0 aliphatic carbocycles. The zero-order valence-electron chi connectivity index (χ0n) is 5.40. The number of fused-ring (bicyclic) bond motifs is 1. The van der Waals surface area contributed by atoms with Crippen molar-refractivity contribution in [3.05, 3.63) is 17.4 Å². The van der Waals surface area contributed by atoms with Gasteiger partial charge in [-0.3, -0.25) is 0 Å². The molecule has 0 spiro atoms. The van der Waals surface area contributed by atoms with Crippen LogP contribution in [0, 0.1) is 6.92 Å². The molecule has 50 valence electrons. The normalized spacial score (nSPS) is 10.5. The highest BCUT2D eigenvalue weighted by atomic mass is 32.1. The summed E-state index contributed by atoms with van der Waals surface area (Å²) in [4.78, 5) is 4.10. The second-order valence-electron chi connectivity index (χ2n) is 2.00. The minimum Gasteiger partial charge on any atom is -0.243 e. The number of rotatable bonds is 0. The van der Waals surface area contributed by atoms with Crippen molar-refractivity contribution in [1.82, 2.24) is 15.2 Å². The molecule has 0 unspecified atom stereocenters. The summed E-state index contributed by atoms with van der Waals surface area (Å²) >= 11 is 1.60. The molecule has 0 bridgehead atoms. The fourth-order valence-electron chi connectivity index (χ4n) is 0.833. The van der Waals surface area contributed by atoms with Crippen LogP contribution in [0.2, 0.25) is 0 Å². The molecule has 0 aliphatic heterocycles. The van der Waals surface area contributed by atoms with Crippen LogP contribution in [-0.4, -0.2) is 15.2 Å². The van der Waals surface area contributed by atoms with Crippen molar-refractivity contribution >= 4 is 21.6 Å². The molecular weight excluding hydrogens is 146 g/mol. The third kappa shape index (κ3) is 0.690. The molecule has 0 aliphatic rings. The highest BCUT2D eigenvalue weighted by molar-refractivity contribution is 7.16. The quantitative estimate of drug-likeness (QED) is 0.571. The summed E-state index contributed by atoms with van der Waals surface area (Å²) in [6, 6.07) is 0. The molecule has 0 saturated heterocycles. The van der Waals surface area contributed by atoms with Crippen LogP contribution in [0.1, 0.15) is 5.69 Å². The molecule has 0 N–H and O–H groups in total. The molecule has 2 aromatic heterocycles. The van der Waals surface area contributed by atoms with Gasteiger partial charge in [0.15, 0.2) is 0 Å². The summed E-state index contributed by atoms with van der Waals surface area (Å²) < 4.78 is 1.13. The Morgan fingerprint density at radius 2 is 2.40 bits per heavy atom. The highest BCUT2D eigenvalue weighted by Gasteiger charge is 1.98. The monoisotopic (exact) mass is 151 g/mol. The van der Waals surface area contributed by atoms with Gasteiger partial charge in [-0.2, -0.15) is 10.2 Å². The van der Waals surface area contributed by atoms with Crippen molar-refractivity contribution in [2.45, 2.75) is 6.92 Å². The van der Waals surface area contributed by atoms with Gasteiger partial charge in [-0.1, -0.05) is 0 Å². The van der Waals surface area contributed by atoms with Gasteiger partial charge in [0.2, 0.25) is 0 Å². The second-order valence-corrected chi connectivity index (χ2v) is 2.85. The zero-order chi connectivity index (χ0) is 6.97. The van der Waals surface area contributed by atoms with Gasteiger partial charge in [0.25, 0.3) is 0 Å². The summed E-state index contributed by atoms with van der Waals surface area (Å²) in [6.45, 7) is 1.94. The number of aromatic nitrogens is 3. The maximum Gasteiger partial charge on any atom is 0.103 e. The van der Waals surface area contributed by atoms with E-state index in [1.54, 1.807) is 23.0 Å². The third-order valence-electron chi connectivity index (χ3n) is 1.31. The lowest BCUT2D eigenvalue weighted by Gasteiger charge is -1.87. The first-order valence-electron chi connectivity index (χ1n) is 2.89. The summed E-state index contributed by atoms with van der Waals surface area (Å²) in [6.07, 6.45) is 1.68. The van der Waals surface area contributed by atoms with Crippen molar-refractivity contribution in [2.75, 3.05) is 0 Å². The van der Waals surface area contributed by atoms with Gasteiger partial charge in [-0.05, 0) is 6.92 Å². The van der Waals surface area contributed by atoms with E-state index in [4.69, 9.17) is 0 Å². The largest absolute Gasteiger partial charge is 0.243 e. The predicted octanol–water partition coefficient (Wildman–Crippen LogP) is 1.39. The van der Waals surface area contributed by atoms with Gasteiger partial charge in [0.05, 0.1) is 22.1 Å². The maximum absolute atomic E-state index is 4.10. The molecule has 2 heterocycles. The molecule has 0 saturated carbocycles. The van der Waals surface area contributed by atoms with Gasteiger partial charge < -0.3 is 0 Å². The van der Waals surface area contributed by atoms with Gasteiger partial charge in [0, 0.05) is 0 Å². The topological polar surface area (TPSA) is 38.7 Å². The van der Waals surface area contributed by atoms with Crippen molar-refractivity contribution < 1.29 is 0 Å². The van der Waals surface area contributed by atoms with Crippen LogP contribution in [-0.2, 0) is 0 Å². The van der Waals surface area contributed by atoms with Crippen molar-refractivity contribution in [3.8, 4) is 0 Å². The van der Waals surface area contributed by atoms with Gasteiger partial charge in [0.1, 0.15) is 5.52 Å². The Morgan fingerprint density at radius 1 is 1.50 bits per heavy atom. The number of nitrogens with zero attached hydrogens (tertiary/aromatic N) is 3. The Labute approximate surface area is 61.7 Å². The number of hydrogen-bond acceptors (Lipinski definition) is 4. The van der Waals surface area contributed by atoms with Crippen LogP contribution in [0.15, 0.2) is 11.7 Å². The molecular formula is C6H5N3S. The summed E-state index contributed by atoms with van der Waals surface area (Å²) in [5, 5.41) is 7.68. The first-order valence-corrected chi connectivity index (χ1v) is 3.77. The fraction of sp³-hybridized carbons (Fsp3) is 0.167. The lowest BCUT2D eigenvalue weighted by molar-refractivity contribution is 1.00. The van der Waals surface area contributed by atoms with Gasteiger partial charge >= 0.3 is 0 Å². The van der Waals surface area contributed by atoms with E-state index in [1.165, 1.54) is 0 Å². The van der Waals surface area contributed by atoms with Crippen LogP contribution in [0.25, 0.3) is 10.2 Å². The molecule has 4 heteroatoms. The fourth-order valence-corrected chi connectivity index (χ4v) is 1.54. The molecule has 3 nitrogen and oxygen atoms in total. The zero-order valence-corrected chi connectivity index (χ0v) is 6.22. The molecule has 10 heavy (non-hydrogen) atoms. The minimum atomic E-state index is 0.942. The first-order chi connectivity index (χ1) is 4.88. The van der Waals surface area contributed by atoms with E-state index in [2.05, 4.69) is 15.2 Å². The van der Waals surface area contributed by atoms with Crippen LogP contribution >= 0.6 is 11.3 Å². The lowest BCUT2D eigenvalue weighted by atomic mass is 10.4. The van der Waals surface area contributed by atoms with E-state index in [0.717, 1.165) is 15.9 Å². The minimum absolute atomic E-state index is 0.942. The molecule has 0 radical (unpaired) electrons. The average Bonchev–Trinajstić information content (AvgIpc) is 2.36. The number of aryl methyl sites for hydroxylation is 1. The predicted molar refractivity (Wildman–Crippen MR) is 39.9 cm³/mol. The molecule has 2 aromatic rings. The van der Waals surface area contributed by atoms with E-state index in [0.29, 0.717) is 0 Å². The first kappa shape index (κ1) is 5.73. The van der Waals surface area contributed by atoms with Crippen molar-refractivity contribution in [2.24, 2.45) is 0 Å². The van der Waals surface area contributed by atoms with E-state index >= 15 is 0 Å². The molecule has 0 fully saturated rings.